The predicted octanol–water partition coefficient (Wildman–Crippen LogP) is 3.48. The van der Waals surface area contributed by atoms with Gasteiger partial charge in [0.15, 0.2) is 0 Å². The summed E-state index contributed by atoms with van der Waals surface area (Å²) in [6, 6.07) is 3.77. The van der Waals surface area contributed by atoms with Crippen molar-refractivity contribution in [3.63, 3.8) is 0 Å². The summed E-state index contributed by atoms with van der Waals surface area (Å²) in [5.41, 5.74) is 6.26. The lowest BCUT2D eigenvalue weighted by molar-refractivity contribution is 0.0184. The van der Waals surface area contributed by atoms with E-state index in [2.05, 4.69) is 25.8 Å². The van der Waals surface area contributed by atoms with Crippen LogP contribution in [0.2, 0.25) is 0 Å². The number of pyridine rings is 1. The number of aliphatic hydroxyl groups is 1. The van der Waals surface area contributed by atoms with Crippen molar-refractivity contribution in [2.75, 3.05) is 5.73 Å². The zero-order valence-corrected chi connectivity index (χ0v) is 12.3. The minimum Gasteiger partial charge on any atom is -0.385 e. The van der Waals surface area contributed by atoms with Crippen molar-refractivity contribution >= 4 is 5.82 Å². The smallest absolute Gasteiger partial charge is 0.129 e. The van der Waals surface area contributed by atoms with Crippen LogP contribution in [-0.4, -0.2) is 10.1 Å². The number of nitrogens with zero attached hydrogens (tertiary/aromatic N) is 1. The summed E-state index contributed by atoms with van der Waals surface area (Å²) in [6.45, 7) is 6.88. The number of nitrogen functional groups attached to an aromatic ring is 1. The Kier molecular flexibility index (Phi) is 3.86. The van der Waals surface area contributed by atoms with E-state index in [1.165, 1.54) is 6.42 Å². The molecule has 0 aromatic carbocycles. The van der Waals surface area contributed by atoms with Crippen LogP contribution >= 0.6 is 0 Å². The SMILES string of the molecule is CC(C)(C)C1CCCC(O)(c2cccnc2N)CC1. The van der Waals surface area contributed by atoms with Gasteiger partial charge in [-0.15, -0.1) is 0 Å². The van der Waals surface area contributed by atoms with Crippen molar-refractivity contribution in [3.05, 3.63) is 23.9 Å². The van der Waals surface area contributed by atoms with Gasteiger partial charge in [0.2, 0.25) is 0 Å². The van der Waals surface area contributed by atoms with Gasteiger partial charge < -0.3 is 10.8 Å². The minimum atomic E-state index is -0.793. The van der Waals surface area contributed by atoms with Crippen LogP contribution in [0.5, 0.6) is 0 Å². The fraction of sp³-hybridized carbons (Fsp3) is 0.688. The maximum absolute atomic E-state index is 11.0. The molecule has 19 heavy (non-hydrogen) atoms. The maximum Gasteiger partial charge on any atom is 0.129 e. The van der Waals surface area contributed by atoms with Gasteiger partial charge in [0.1, 0.15) is 5.82 Å². The highest BCUT2D eigenvalue weighted by atomic mass is 16.3. The fourth-order valence-corrected chi connectivity index (χ4v) is 3.27. The van der Waals surface area contributed by atoms with Crippen molar-refractivity contribution in [2.45, 2.75) is 58.5 Å². The molecule has 2 unspecified atom stereocenters. The predicted molar refractivity (Wildman–Crippen MR) is 78.6 cm³/mol. The molecule has 1 saturated carbocycles. The molecule has 3 heteroatoms. The molecule has 106 valence electrons. The standard InChI is InChI=1S/C16H26N2O/c1-15(2,3)12-6-4-9-16(19,10-8-12)13-7-5-11-18-14(13)17/h5,7,11-12,19H,4,6,8-10H2,1-3H3,(H2,17,18). The molecule has 0 saturated heterocycles. The molecule has 1 aromatic heterocycles. The topological polar surface area (TPSA) is 59.1 Å². The first-order valence-electron chi connectivity index (χ1n) is 7.26. The van der Waals surface area contributed by atoms with E-state index in [9.17, 15) is 5.11 Å². The summed E-state index contributed by atoms with van der Waals surface area (Å²) in [7, 11) is 0. The highest BCUT2D eigenvalue weighted by molar-refractivity contribution is 5.42. The number of rotatable bonds is 1. The Bertz CT molecular complexity index is 439. The molecule has 0 spiro atoms. The van der Waals surface area contributed by atoms with E-state index in [0.29, 0.717) is 17.2 Å². The quantitative estimate of drug-likeness (QED) is 0.762. The van der Waals surface area contributed by atoms with Crippen molar-refractivity contribution in [2.24, 2.45) is 11.3 Å². The van der Waals surface area contributed by atoms with E-state index in [1.807, 2.05) is 12.1 Å². The Morgan fingerprint density at radius 2 is 2.05 bits per heavy atom. The molecule has 0 radical (unpaired) electrons. The third kappa shape index (κ3) is 3.08. The van der Waals surface area contributed by atoms with Gasteiger partial charge in [-0.1, -0.05) is 26.8 Å². The summed E-state index contributed by atoms with van der Waals surface area (Å²) in [6.07, 6.45) is 6.53. The molecule has 0 amide bonds. The third-order valence-corrected chi connectivity index (χ3v) is 4.61. The van der Waals surface area contributed by atoms with Gasteiger partial charge in [-0.25, -0.2) is 4.98 Å². The summed E-state index contributed by atoms with van der Waals surface area (Å²) >= 11 is 0. The van der Waals surface area contributed by atoms with E-state index in [4.69, 9.17) is 5.73 Å². The molecule has 1 heterocycles. The molecule has 1 aromatic rings. The highest BCUT2D eigenvalue weighted by Crippen LogP contribution is 2.44. The first kappa shape index (κ1) is 14.3. The Balaban J connectivity index is 2.20. The van der Waals surface area contributed by atoms with Crippen LogP contribution in [0.25, 0.3) is 0 Å². The van der Waals surface area contributed by atoms with Crippen LogP contribution in [0.1, 0.15) is 58.4 Å². The first-order chi connectivity index (χ1) is 8.83. The molecule has 1 aliphatic carbocycles. The molecule has 3 nitrogen and oxygen atoms in total. The molecule has 2 rings (SSSR count). The number of nitrogens with two attached hydrogens (primary N) is 1. The van der Waals surface area contributed by atoms with Crippen LogP contribution < -0.4 is 5.73 Å². The molecule has 1 aliphatic rings. The normalized spacial score (nSPS) is 28.9. The van der Waals surface area contributed by atoms with Crippen LogP contribution in [0.4, 0.5) is 5.82 Å². The van der Waals surface area contributed by atoms with E-state index >= 15 is 0 Å². The molecule has 0 aliphatic heterocycles. The largest absolute Gasteiger partial charge is 0.385 e. The maximum atomic E-state index is 11.0. The molecule has 0 bridgehead atoms. The molecule has 3 N–H and O–H groups in total. The van der Waals surface area contributed by atoms with Gasteiger partial charge in [0, 0.05) is 11.8 Å². The van der Waals surface area contributed by atoms with Gasteiger partial charge in [0.05, 0.1) is 5.60 Å². The Morgan fingerprint density at radius 1 is 1.32 bits per heavy atom. The average Bonchev–Trinajstić information content (AvgIpc) is 2.52. The minimum absolute atomic E-state index is 0.311. The zero-order valence-electron chi connectivity index (χ0n) is 12.3. The lowest BCUT2D eigenvalue weighted by Gasteiger charge is -2.31. The van der Waals surface area contributed by atoms with Crippen LogP contribution in [0.3, 0.4) is 0 Å². The first-order valence-corrected chi connectivity index (χ1v) is 7.26. The second kappa shape index (κ2) is 5.12. The zero-order chi connectivity index (χ0) is 14.1. The molecule has 2 atom stereocenters. The monoisotopic (exact) mass is 262 g/mol. The Morgan fingerprint density at radius 3 is 2.68 bits per heavy atom. The van der Waals surface area contributed by atoms with Crippen LogP contribution in [-0.2, 0) is 5.60 Å². The van der Waals surface area contributed by atoms with Gasteiger partial charge in [-0.2, -0.15) is 0 Å². The van der Waals surface area contributed by atoms with E-state index in [-0.39, 0.29) is 0 Å². The Hall–Kier alpha value is -1.09. The summed E-state index contributed by atoms with van der Waals surface area (Å²) in [5.74, 6) is 1.14. The molecular weight excluding hydrogens is 236 g/mol. The van der Waals surface area contributed by atoms with Crippen molar-refractivity contribution in [1.82, 2.24) is 4.98 Å². The average molecular weight is 262 g/mol. The van der Waals surface area contributed by atoms with Crippen molar-refractivity contribution in [1.29, 1.82) is 0 Å². The number of hydrogen-bond donors (Lipinski definition) is 2. The van der Waals surface area contributed by atoms with E-state index < -0.39 is 5.60 Å². The second-order valence-electron chi connectivity index (χ2n) is 6.96. The van der Waals surface area contributed by atoms with Crippen molar-refractivity contribution < 1.29 is 5.11 Å². The second-order valence-corrected chi connectivity index (χ2v) is 6.96. The van der Waals surface area contributed by atoms with Gasteiger partial charge in [-0.05, 0) is 49.5 Å². The molecular formula is C16H26N2O. The lowest BCUT2D eigenvalue weighted by atomic mass is 9.76. The highest BCUT2D eigenvalue weighted by Gasteiger charge is 2.37. The van der Waals surface area contributed by atoms with E-state index in [1.54, 1.807) is 6.20 Å². The summed E-state index contributed by atoms with van der Waals surface area (Å²) < 4.78 is 0. The van der Waals surface area contributed by atoms with Gasteiger partial charge >= 0.3 is 0 Å². The van der Waals surface area contributed by atoms with E-state index in [0.717, 1.165) is 31.2 Å². The molecule has 1 fully saturated rings. The van der Waals surface area contributed by atoms with Crippen LogP contribution in [0, 0.1) is 11.3 Å². The number of hydrogen-bond acceptors (Lipinski definition) is 3. The van der Waals surface area contributed by atoms with Crippen LogP contribution in [0.15, 0.2) is 18.3 Å². The fourth-order valence-electron chi connectivity index (χ4n) is 3.27. The lowest BCUT2D eigenvalue weighted by Crippen LogP contribution is -2.27. The van der Waals surface area contributed by atoms with Gasteiger partial charge in [0.25, 0.3) is 0 Å². The van der Waals surface area contributed by atoms with Crippen molar-refractivity contribution in [3.8, 4) is 0 Å². The third-order valence-electron chi connectivity index (χ3n) is 4.61. The number of aromatic nitrogens is 1. The Labute approximate surface area is 116 Å². The van der Waals surface area contributed by atoms with Gasteiger partial charge in [-0.3, -0.25) is 0 Å². The summed E-state index contributed by atoms with van der Waals surface area (Å²) in [5, 5.41) is 11.0. The number of anilines is 1. The summed E-state index contributed by atoms with van der Waals surface area (Å²) in [4.78, 5) is 4.12.